The molecule has 1 N–H and O–H groups in total. The first-order chi connectivity index (χ1) is 15.7. The molecule has 193 valence electrons. The number of ether oxygens (including phenoxy) is 3. The zero-order valence-electron chi connectivity index (χ0n) is 21.4. The number of esters is 1. The lowest BCUT2D eigenvalue weighted by Crippen LogP contribution is -2.53. The van der Waals surface area contributed by atoms with E-state index in [4.69, 9.17) is 14.2 Å². The number of amides is 1. The number of hydroxylamine groups is 2. The van der Waals surface area contributed by atoms with Gasteiger partial charge in [-0.15, -0.1) is 10.3 Å². The monoisotopic (exact) mass is 471 g/mol. The summed E-state index contributed by atoms with van der Waals surface area (Å²) in [5.74, 6) is -0.561. The molecular weight excluding hydrogens is 424 g/mol. The number of hydrogen-bond acceptors (Lipinski definition) is 6. The summed E-state index contributed by atoms with van der Waals surface area (Å²) >= 11 is 0. The van der Waals surface area contributed by atoms with Crippen molar-refractivity contribution in [3.63, 3.8) is 0 Å². The van der Waals surface area contributed by atoms with Gasteiger partial charge in [0.25, 0.3) is 0 Å². The molecule has 1 amide bonds. The van der Waals surface area contributed by atoms with Gasteiger partial charge >= 0.3 is 5.97 Å². The fourth-order valence-electron chi connectivity index (χ4n) is 3.91. The van der Waals surface area contributed by atoms with Gasteiger partial charge in [0.05, 0.1) is 25.3 Å². The molecular formula is C25H47N2O6. The summed E-state index contributed by atoms with van der Waals surface area (Å²) in [4.78, 5) is 23.7. The molecule has 1 radical (unpaired) electrons. The number of hydrogen-bond donors (Lipinski definition) is 1. The molecule has 0 aliphatic carbocycles. The Kier molecular flexibility index (Phi) is 14.8. The van der Waals surface area contributed by atoms with Crippen LogP contribution in [0.5, 0.6) is 0 Å². The summed E-state index contributed by atoms with van der Waals surface area (Å²) in [6.07, 6.45) is 14.1. The van der Waals surface area contributed by atoms with Crippen molar-refractivity contribution in [3.8, 4) is 0 Å². The molecule has 1 unspecified atom stereocenters. The van der Waals surface area contributed by atoms with Crippen LogP contribution in [0.4, 0.5) is 0 Å². The average molecular weight is 472 g/mol. The van der Waals surface area contributed by atoms with Crippen molar-refractivity contribution in [1.29, 1.82) is 0 Å². The van der Waals surface area contributed by atoms with E-state index in [1.165, 1.54) is 57.8 Å². The molecule has 0 aromatic rings. The van der Waals surface area contributed by atoms with Crippen LogP contribution in [0.25, 0.3) is 0 Å². The number of rotatable bonds is 19. The molecule has 1 aliphatic rings. The van der Waals surface area contributed by atoms with Crippen LogP contribution in [0, 0.1) is 0 Å². The summed E-state index contributed by atoms with van der Waals surface area (Å²) < 4.78 is 16.0. The van der Waals surface area contributed by atoms with E-state index < -0.39 is 11.3 Å². The zero-order valence-corrected chi connectivity index (χ0v) is 21.4. The second kappa shape index (κ2) is 16.4. The Balaban J connectivity index is 1.92. The Morgan fingerprint density at radius 3 is 2.03 bits per heavy atom. The summed E-state index contributed by atoms with van der Waals surface area (Å²) in [6, 6.07) is 0. The highest BCUT2D eigenvalue weighted by molar-refractivity contribution is 5.77. The highest BCUT2D eigenvalue weighted by atomic mass is 16.6. The summed E-state index contributed by atoms with van der Waals surface area (Å²) in [5.41, 5.74) is -1.70. The normalized spacial score (nSPS) is 20.2. The largest absolute Gasteiger partial charge is 0.463 e. The van der Waals surface area contributed by atoms with Gasteiger partial charge in [0.15, 0.2) is 5.72 Å². The van der Waals surface area contributed by atoms with Gasteiger partial charge in [-0.05, 0) is 27.2 Å². The van der Waals surface area contributed by atoms with E-state index in [1.54, 1.807) is 20.8 Å². The van der Waals surface area contributed by atoms with Crippen molar-refractivity contribution in [2.24, 2.45) is 0 Å². The minimum Gasteiger partial charge on any atom is -0.463 e. The molecule has 1 aliphatic heterocycles. The molecule has 1 fully saturated rings. The lowest BCUT2D eigenvalue weighted by molar-refractivity contribution is -0.281. The third-order valence-electron chi connectivity index (χ3n) is 6.04. The first-order valence-electron chi connectivity index (χ1n) is 12.8. The number of nitrogens with one attached hydrogen (secondary N) is 1. The minimum absolute atomic E-state index is 0.0794. The van der Waals surface area contributed by atoms with Crippen molar-refractivity contribution in [1.82, 2.24) is 10.4 Å². The van der Waals surface area contributed by atoms with Gasteiger partial charge in [-0.1, -0.05) is 71.1 Å². The first kappa shape index (κ1) is 29.8. The maximum Gasteiger partial charge on any atom is 0.305 e. The van der Waals surface area contributed by atoms with E-state index >= 15 is 0 Å². The maximum absolute atomic E-state index is 12.3. The maximum atomic E-state index is 12.3. The Morgan fingerprint density at radius 1 is 0.909 bits per heavy atom. The van der Waals surface area contributed by atoms with Crippen LogP contribution >= 0.6 is 0 Å². The lowest BCUT2D eigenvalue weighted by Gasteiger charge is -2.32. The molecule has 1 saturated heterocycles. The Hall–Kier alpha value is -1.22. The van der Waals surface area contributed by atoms with E-state index in [0.717, 1.165) is 17.9 Å². The van der Waals surface area contributed by atoms with Crippen molar-refractivity contribution >= 4 is 11.9 Å². The molecule has 0 bridgehead atoms. The van der Waals surface area contributed by atoms with Crippen LogP contribution in [-0.4, -0.2) is 61.2 Å². The topological polar surface area (TPSA) is 97.0 Å². The number of nitrogens with zero attached hydrogens (tertiary/aromatic N) is 1. The molecule has 0 aromatic carbocycles. The molecule has 1 heterocycles. The Morgan fingerprint density at radius 2 is 1.48 bits per heavy atom. The van der Waals surface area contributed by atoms with Crippen LogP contribution < -0.4 is 5.32 Å². The van der Waals surface area contributed by atoms with Gasteiger partial charge in [0, 0.05) is 6.42 Å². The summed E-state index contributed by atoms with van der Waals surface area (Å²) in [5, 5.41) is 15.8. The van der Waals surface area contributed by atoms with Gasteiger partial charge in [0.2, 0.25) is 5.91 Å². The molecule has 8 heteroatoms. The minimum atomic E-state index is -1.08. The Labute approximate surface area is 200 Å². The molecule has 0 saturated carbocycles. The van der Waals surface area contributed by atoms with E-state index in [2.05, 4.69) is 12.2 Å². The fourth-order valence-corrected chi connectivity index (χ4v) is 3.91. The van der Waals surface area contributed by atoms with Crippen LogP contribution in [-0.2, 0) is 29.0 Å². The number of carbonyl (C=O) groups excluding carboxylic acids is 2. The van der Waals surface area contributed by atoms with Crippen molar-refractivity contribution in [2.75, 3.05) is 33.0 Å². The Bertz CT molecular complexity index is 557. The molecule has 1 rings (SSSR count). The molecule has 0 spiro atoms. The highest BCUT2D eigenvalue weighted by Crippen LogP contribution is 2.32. The SMILES string of the molecule is CCCCCCCCCCCCCC(=O)OCCOCC(=O)NCC1(C)OCC(C)(C)N1[O]. The van der Waals surface area contributed by atoms with E-state index in [-0.39, 0.29) is 38.2 Å². The summed E-state index contributed by atoms with van der Waals surface area (Å²) in [7, 11) is 0. The standard InChI is InChI=1S/C25H47N2O6/c1-5-6-7-8-9-10-11-12-13-14-15-16-23(29)32-18-17-31-19-22(28)26-20-25(4)27(30)24(2,3)21-33-25/h5-21H2,1-4H3,(H,26,28). The van der Waals surface area contributed by atoms with Crippen molar-refractivity contribution < 1.29 is 29.0 Å². The van der Waals surface area contributed by atoms with E-state index in [1.807, 2.05) is 0 Å². The molecule has 8 nitrogen and oxygen atoms in total. The first-order valence-corrected chi connectivity index (χ1v) is 12.8. The highest BCUT2D eigenvalue weighted by Gasteiger charge is 2.50. The summed E-state index contributed by atoms with van der Waals surface area (Å²) in [6.45, 7) is 8.02. The third kappa shape index (κ3) is 12.7. The van der Waals surface area contributed by atoms with Gasteiger partial charge in [-0.2, -0.15) is 0 Å². The van der Waals surface area contributed by atoms with E-state index in [0.29, 0.717) is 13.0 Å². The van der Waals surface area contributed by atoms with Gasteiger partial charge < -0.3 is 19.5 Å². The zero-order chi connectivity index (χ0) is 24.6. The van der Waals surface area contributed by atoms with Crippen LogP contribution in [0.15, 0.2) is 0 Å². The lowest BCUT2D eigenvalue weighted by atomic mass is 10.1. The second-order valence-electron chi connectivity index (χ2n) is 9.91. The van der Waals surface area contributed by atoms with Crippen LogP contribution in [0.1, 0.15) is 105 Å². The van der Waals surface area contributed by atoms with Crippen molar-refractivity contribution in [3.05, 3.63) is 0 Å². The van der Waals surface area contributed by atoms with Crippen LogP contribution in [0.2, 0.25) is 0 Å². The van der Waals surface area contributed by atoms with Gasteiger partial charge in [0.1, 0.15) is 13.2 Å². The van der Waals surface area contributed by atoms with Crippen molar-refractivity contribution in [2.45, 2.75) is 116 Å². The predicted molar refractivity (Wildman–Crippen MR) is 127 cm³/mol. The third-order valence-corrected chi connectivity index (χ3v) is 6.04. The van der Waals surface area contributed by atoms with Crippen LogP contribution in [0.3, 0.4) is 0 Å². The quantitative estimate of drug-likeness (QED) is 0.219. The average Bonchev–Trinajstić information content (AvgIpc) is 2.99. The fraction of sp³-hybridized carbons (Fsp3) is 0.920. The number of carbonyl (C=O) groups is 2. The second-order valence-corrected chi connectivity index (χ2v) is 9.91. The van der Waals surface area contributed by atoms with E-state index in [9.17, 15) is 14.8 Å². The van der Waals surface area contributed by atoms with Gasteiger partial charge in [-0.25, -0.2) is 0 Å². The predicted octanol–water partition coefficient (Wildman–Crippen LogP) is 4.54. The van der Waals surface area contributed by atoms with Gasteiger partial charge in [-0.3, -0.25) is 9.59 Å². The molecule has 0 aromatic heterocycles. The smallest absolute Gasteiger partial charge is 0.305 e. The molecule has 1 atom stereocenters. The molecule has 33 heavy (non-hydrogen) atoms. The number of unbranched alkanes of at least 4 members (excludes halogenated alkanes) is 10.